The Morgan fingerprint density at radius 2 is 2.00 bits per heavy atom. The molecule has 1 aliphatic heterocycles. The van der Waals surface area contributed by atoms with E-state index in [2.05, 4.69) is 36.1 Å². The zero-order chi connectivity index (χ0) is 12.6. The second kappa shape index (κ2) is 4.67. The van der Waals surface area contributed by atoms with Crippen LogP contribution in [0.15, 0.2) is 24.3 Å². The van der Waals surface area contributed by atoms with Gasteiger partial charge in [0, 0.05) is 6.04 Å². The molecule has 1 aliphatic carbocycles. The summed E-state index contributed by atoms with van der Waals surface area (Å²) >= 11 is 0. The van der Waals surface area contributed by atoms with Crippen LogP contribution in [0.4, 0.5) is 0 Å². The molecule has 18 heavy (non-hydrogen) atoms. The third kappa shape index (κ3) is 1.79. The van der Waals surface area contributed by atoms with Crippen molar-refractivity contribution in [3.63, 3.8) is 0 Å². The van der Waals surface area contributed by atoms with Crippen molar-refractivity contribution in [2.45, 2.75) is 50.6 Å². The molecule has 1 aromatic carbocycles. The monoisotopic (exact) mass is 244 g/mol. The fourth-order valence-corrected chi connectivity index (χ4v) is 3.95. The fourth-order valence-electron chi connectivity index (χ4n) is 3.95. The molecule has 1 fully saturated rings. The minimum Gasteiger partial charge on any atom is -0.320 e. The van der Waals surface area contributed by atoms with E-state index in [1.165, 1.54) is 37.1 Å². The van der Waals surface area contributed by atoms with Crippen LogP contribution in [0.25, 0.3) is 0 Å². The van der Waals surface area contributed by atoms with Crippen LogP contribution in [0, 0.1) is 0 Å². The van der Waals surface area contributed by atoms with Crippen LogP contribution in [0.2, 0.25) is 0 Å². The molecule has 2 unspecified atom stereocenters. The highest BCUT2D eigenvalue weighted by molar-refractivity contribution is 5.41. The molecule has 1 aromatic rings. The lowest BCUT2D eigenvalue weighted by Gasteiger charge is -2.38. The van der Waals surface area contributed by atoms with Crippen molar-refractivity contribution in [3.8, 4) is 0 Å². The normalized spacial score (nSPS) is 31.8. The van der Waals surface area contributed by atoms with E-state index in [0.29, 0.717) is 6.04 Å². The standard InChI is InChI=1S/C16H24N2/c1-2-9-16(17)14-8-4-3-7-13(14)12-15(16)18-10-5-6-11-18/h3-4,7-8,15H,2,5-6,9-12,17H2,1H3. The first-order valence-corrected chi connectivity index (χ1v) is 7.37. The number of hydrogen-bond acceptors (Lipinski definition) is 2. The van der Waals surface area contributed by atoms with Crippen molar-refractivity contribution in [1.29, 1.82) is 0 Å². The Morgan fingerprint density at radius 3 is 2.72 bits per heavy atom. The van der Waals surface area contributed by atoms with Crippen molar-refractivity contribution in [2.24, 2.45) is 5.73 Å². The predicted molar refractivity (Wildman–Crippen MR) is 75.5 cm³/mol. The average Bonchev–Trinajstić information content (AvgIpc) is 2.97. The van der Waals surface area contributed by atoms with Gasteiger partial charge >= 0.3 is 0 Å². The third-order valence-corrected chi connectivity index (χ3v) is 4.77. The molecule has 2 aliphatic rings. The summed E-state index contributed by atoms with van der Waals surface area (Å²) in [6, 6.07) is 9.33. The third-order valence-electron chi connectivity index (χ3n) is 4.77. The van der Waals surface area contributed by atoms with Crippen molar-refractivity contribution < 1.29 is 0 Å². The van der Waals surface area contributed by atoms with Gasteiger partial charge in [0.1, 0.15) is 0 Å². The van der Waals surface area contributed by atoms with Crippen LogP contribution in [-0.4, -0.2) is 24.0 Å². The molecule has 1 heterocycles. The first-order valence-electron chi connectivity index (χ1n) is 7.37. The maximum absolute atomic E-state index is 6.86. The number of rotatable bonds is 3. The van der Waals surface area contributed by atoms with Crippen LogP contribution in [-0.2, 0) is 12.0 Å². The van der Waals surface area contributed by atoms with Crippen molar-refractivity contribution in [1.82, 2.24) is 4.90 Å². The number of nitrogens with two attached hydrogens (primary N) is 1. The molecule has 2 nitrogen and oxygen atoms in total. The second-order valence-corrected chi connectivity index (χ2v) is 5.91. The number of fused-ring (bicyclic) bond motifs is 1. The second-order valence-electron chi connectivity index (χ2n) is 5.91. The van der Waals surface area contributed by atoms with Crippen LogP contribution in [0.3, 0.4) is 0 Å². The van der Waals surface area contributed by atoms with Crippen molar-refractivity contribution in [3.05, 3.63) is 35.4 Å². The smallest absolute Gasteiger partial charge is 0.0573 e. The first-order chi connectivity index (χ1) is 8.75. The first kappa shape index (κ1) is 12.2. The number of nitrogens with zero attached hydrogens (tertiary/aromatic N) is 1. The summed E-state index contributed by atoms with van der Waals surface area (Å²) in [6.45, 7) is 4.72. The summed E-state index contributed by atoms with van der Waals surface area (Å²) in [4.78, 5) is 2.63. The van der Waals surface area contributed by atoms with Gasteiger partial charge in [-0.3, -0.25) is 4.90 Å². The lowest BCUT2D eigenvalue weighted by Crippen LogP contribution is -2.53. The lowest BCUT2D eigenvalue weighted by atomic mass is 9.84. The maximum atomic E-state index is 6.86. The van der Waals surface area contributed by atoms with Gasteiger partial charge in [0.15, 0.2) is 0 Å². The Balaban J connectivity index is 1.96. The van der Waals surface area contributed by atoms with Gasteiger partial charge in [-0.2, -0.15) is 0 Å². The number of benzene rings is 1. The zero-order valence-corrected chi connectivity index (χ0v) is 11.4. The van der Waals surface area contributed by atoms with E-state index in [4.69, 9.17) is 5.73 Å². The molecule has 2 atom stereocenters. The molecular weight excluding hydrogens is 220 g/mol. The Kier molecular flexibility index (Phi) is 3.16. The van der Waals surface area contributed by atoms with E-state index < -0.39 is 0 Å². The highest BCUT2D eigenvalue weighted by Gasteiger charge is 2.45. The number of hydrogen-bond donors (Lipinski definition) is 1. The van der Waals surface area contributed by atoms with Crippen LogP contribution in [0.5, 0.6) is 0 Å². The molecule has 0 saturated carbocycles. The molecule has 2 N–H and O–H groups in total. The molecule has 0 aromatic heterocycles. The highest BCUT2D eigenvalue weighted by atomic mass is 15.2. The molecule has 0 spiro atoms. The van der Waals surface area contributed by atoms with Crippen molar-refractivity contribution >= 4 is 0 Å². The molecule has 3 rings (SSSR count). The molecule has 0 radical (unpaired) electrons. The quantitative estimate of drug-likeness (QED) is 0.885. The molecule has 1 saturated heterocycles. The van der Waals surface area contributed by atoms with E-state index in [1.54, 1.807) is 0 Å². The van der Waals surface area contributed by atoms with Crippen molar-refractivity contribution in [2.75, 3.05) is 13.1 Å². The van der Waals surface area contributed by atoms with E-state index in [1.807, 2.05) is 0 Å². The Labute approximate surface area is 110 Å². The molecule has 2 heteroatoms. The summed E-state index contributed by atoms with van der Waals surface area (Å²) in [5.74, 6) is 0. The maximum Gasteiger partial charge on any atom is 0.0573 e. The minimum atomic E-state index is -0.115. The summed E-state index contributed by atoms with van der Waals surface area (Å²) in [5.41, 5.74) is 9.63. The zero-order valence-electron chi connectivity index (χ0n) is 11.4. The molecule has 98 valence electrons. The SMILES string of the molecule is CCCC1(N)c2ccccc2CC1N1CCCC1. The molecule has 0 bridgehead atoms. The van der Waals surface area contributed by atoms with Gasteiger partial charge in [-0.25, -0.2) is 0 Å². The van der Waals surface area contributed by atoms with Crippen LogP contribution < -0.4 is 5.73 Å². The van der Waals surface area contributed by atoms with Crippen LogP contribution >= 0.6 is 0 Å². The van der Waals surface area contributed by atoms with Gasteiger partial charge in [-0.15, -0.1) is 0 Å². The average molecular weight is 244 g/mol. The van der Waals surface area contributed by atoms with Gasteiger partial charge in [0.05, 0.1) is 5.54 Å². The summed E-state index contributed by atoms with van der Waals surface area (Å²) < 4.78 is 0. The Morgan fingerprint density at radius 1 is 1.28 bits per heavy atom. The summed E-state index contributed by atoms with van der Waals surface area (Å²) in [7, 11) is 0. The van der Waals surface area contributed by atoms with E-state index >= 15 is 0 Å². The lowest BCUT2D eigenvalue weighted by molar-refractivity contribution is 0.152. The number of likely N-dealkylation sites (tertiary alicyclic amines) is 1. The van der Waals surface area contributed by atoms with E-state index in [0.717, 1.165) is 19.3 Å². The minimum absolute atomic E-state index is 0.115. The van der Waals surface area contributed by atoms with Crippen LogP contribution in [0.1, 0.15) is 43.7 Å². The largest absolute Gasteiger partial charge is 0.320 e. The topological polar surface area (TPSA) is 29.3 Å². The highest BCUT2D eigenvalue weighted by Crippen LogP contribution is 2.41. The predicted octanol–water partition coefficient (Wildman–Crippen LogP) is 2.66. The molecular formula is C16H24N2. The van der Waals surface area contributed by atoms with Gasteiger partial charge in [-0.05, 0) is 49.9 Å². The summed E-state index contributed by atoms with van der Waals surface area (Å²) in [6.07, 6.45) is 6.09. The Hall–Kier alpha value is -0.860. The van der Waals surface area contributed by atoms with Gasteiger partial charge in [0.2, 0.25) is 0 Å². The van der Waals surface area contributed by atoms with Gasteiger partial charge in [0.25, 0.3) is 0 Å². The Bertz CT molecular complexity index is 423. The van der Waals surface area contributed by atoms with E-state index in [9.17, 15) is 0 Å². The fraction of sp³-hybridized carbons (Fsp3) is 0.625. The summed E-state index contributed by atoms with van der Waals surface area (Å²) in [5, 5.41) is 0. The molecule has 0 amide bonds. The van der Waals surface area contributed by atoms with E-state index in [-0.39, 0.29) is 5.54 Å². The van der Waals surface area contributed by atoms with Gasteiger partial charge < -0.3 is 5.73 Å². The van der Waals surface area contributed by atoms with Gasteiger partial charge in [-0.1, -0.05) is 37.6 Å².